The number of aromatic nitrogens is 1. The lowest BCUT2D eigenvalue weighted by atomic mass is 9.95. The summed E-state index contributed by atoms with van der Waals surface area (Å²) in [6, 6.07) is 11.3. The van der Waals surface area contributed by atoms with Crippen molar-refractivity contribution in [1.29, 1.82) is 0 Å². The summed E-state index contributed by atoms with van der Waals surface area (Å²) in [4.78, 5) is 34.0. The molecule has 0 radical (unpaired) electrons. The summed E-state index contributed by atoms with van der Waals surface area (Å²) in [5.41, 5.74) is 4.30. The number of esters is 1. The van der Waals surface area contributed by atoms with Crippen LogP contribution >= 0.6 is 11.6 Å². The molecule has 2 heterocycles. The van der Waals surface area contributed by atoms with Gasteiger partial charge in [-0.25, -0.2) is 4.79 Å². The maximum absolute atomic E-state index is 13.7. The second-order valence-electron chi connectivity index (χ2n) is 9.34. The van der Waals surface area contributed by atoms with Crippen LogP contribution in [0.3, 0.4) is 0 Å². The molecule has 1 unspecified atom stereocenters. The highest BCUT2D eigenvalue weighted by Crippen LogP contribution is 2.32. The first kappa shape index (κ1) is 25.9. The van der Waals surface area contributed by atoms with Crippen LogP contribution in [0.1, 0.15) is 54.4 Å². The molecule has 2 aromatic carbocycles. The van der Waals surface area contributed by atoms with E-state index in [1.54, 1.807) is 12.1 Å². The summed E-state index contributed by atoms with van der Waals surface area (Å²) in [7, 11) is 1.51. The van der Waals surface area contributed by atoms with Gasteiger partial charge in [-0.05, 0) is 44.9 Å². The van der Waals surface area contributed by atoms with Gasteiger partial charge in [0.25, 0.3) is 5.91 Å². The minimum absolute atomic E-state index is 0.315. The molecule has 4 rings (SSSR count). The average molecular weight is 510 g/mol. The number of carbonyl (C=O) groups excluding carboxylic acids is 2. The SMILES string of the molecule is CCC(OC(=O)c1c2c(nc3ccccc13)CCN(C(C)C)C2)C(=O)Nc1cc(C)c(Cl)cc1OC. The molecule has 1 aliphatic rings. The molecular formula is C28H32ClN3O4. The Labute approximate surface area is 216 Å². The highest BCUT2D eigenvalue weighted by Gasteiger charge is 2.30. The van der Waals surface area contributed by atoms with Gasteiger partial charge in [-0.1, -0.05) is 36.7 Å². The number of ether oxygens (including phenoxy) is 2. The number of aryl methyl sites for hydroxylation is 1. The maximum atomic E-state index is 13.7. The van der Waals surface area contributed by atoms with Crippen molar-refractivity contribution in [1.82, 2.24) is 9.88 Å². The zero-order chi connectivity index (χ0) is 26.0. The van der Waals surface area contributed by atoms with E-state index in [2.05, 4.69) is 24.1 Å². The fourth-order valence-electron chi connectivity index (χ4n) is 4.54. The molecule has 1 aliphatic heterocycles. The van der Waals surface area contributed by atoms with E-state index < -0.39 is 18.0 Å². The third-order valence-electron chi connectivity index (χ3n) is 6.66. The zero-order valence-corrected chi connectivity index (χ0v) is 22.1. The molecule has 0 saturated carbocycles. The van der Waals surface area contributed by atoms with Crippen LogP contribution in [0.4, 0.5) is 5.69 Å². The summed E-state index contributed by atoms with van der Waals surface area (Å²) < 4.78 is 11.2. The monoisotopic (exact) mass is 509 g/mol. The van der Waals surface area contributed by atoms with E-state index in [0.29, 0.717) is 41.0 Å². The van der Waals surface area contributed by atoms with Crippen LogP contribution < -0.4 is 10.1 Å². The van der Waals surface area contributed by atoms with Crippen molar-refractivity contribution in [3.63, 3.8) is 0 Å². The number of benzene rings is 2. The van der Waals surface area contributed by atoms with E-state index in [9.17, 15) is 9.59 Å². The molecule has 1 N–H and O–H groups in total. The van der Waals surface area contributed by atoms with E-state index in [1.807, 2.05) is 38.1 Å². The largest absolute Gasteiger partial charge is 0.495 e. The normalized spacial score (nSPS) is 14.4. The summed E-state index contributed by atoms with van der Waals surface area (Å²) in [5.74, 6) is -0.512. The second kappa shape index (κ2) is 10.8. The Morgan fingerprint density at radius 2 is 1.97 bits per heavy atom. The van der Waals surface area contributed by atoms with E-state index >= 15 is 0 Å². The molecule has 0 saturated heterocycles. The molecule has 1 amide bonds. The van der Waals surface area contributed by atoms with Gasteiger partial charge in [-0.2, -0.15) is 0 Å². The van der Waals surface area contributed by atoms with Crippen molar-refractivity contribution in [2.75, 3.05) is 19.0 Å². The molecular weight excluding hydrogens is 478 g/mol. The Bertz CT molecular complexity index is 1310. The number of fused-ring (bicyclic) bond motifs is 2. The highest BCUT2D eigenvalue weighted by atomic mass is 35.5. The van der Waals surface area contributed by atoms with Crippen molar-refractivity contribution in [3.8, 4) is 5.75 Å². The van der Waals surface area contributed by atoms with Crippen LogP contribution in [-0.2, 0) is 22.5 Å². The van der Waals surface area contributed by atoms with E-state index in [-0.39, 0.29) is 0 Å². The first-order chi connectivity index (χ1) is 17.2. The number of pyridine rings is 1. The molecule has 7 nitrogen and oxygen atoms in total. The Hall–Kier alpha value is -3.16. The predicted molar refractivity (Wildman–Crippen MR) is 142 cm³/mol. The molecule has 8 heteroatoms. The van der Waals surface area contributed by atoms with Crippen molar-refractivity contribution < 1.29 is 19.1 Å². The number of nitrogens with one attached hydrogen (secondary N) is 1. The van der Waals surface area contributed by atoms with Crippen molar-refractivity contribution in [2.24, 2.45) is 0 Å². The molecule has 1 atom stereocenters. The van der Waals surface area contributed by atoms with Crippen LogP contribution in [0.5, 0.6) is 5.75 Å². The van der Waals surface area contributed by atoms with Gasteiger partial charge < -0.3 is 14.8 Å². The van der Waals surface area contributed by atoms with Gasteiger partial charge in [0.15, 0.2) is 6.10 Å². The number of hydrogen-bond acceptors (Lipinski definition) is 6. The topological polar surface area (TPSA) is 80.8 Å². The second-order valence-corrected chi connectivity index (χ2v) is 9.74. The maximum Gasteiger partial charge on any atom is 0.340 e. The third-order valence-corrected chi connectivity index (χ3v) is 7.07. The van der Waals surface area contributed by atoms with Crippen molar-refractivity contribution in [2.45, 2.75) is 59.2 Å². The van der Waals surface area contributed by atoms with Gasteiger partial charge in [0, 0.05) is 53.3 Å². The van der Waals surface area contributed by atoms with Gasteiger partial charge in [0.05, 0.1) is 23.9 Å². The van der Waals surface area contributed by atoms with E-state index in [1.165, 1.54) is 7.11 Å². The average Bonchev–Trinajstić information content (AvgIpc) is 2.87. The number of halogens is 1. The molecule has 0 aliphatic carbocycles. The Kier molecular flexibility index (Phi) is 7.81. The number of amides is 1. The standard InChI is InChI=1S/C28H32ClN3O4/c1-6-24(27(33)31-23-13-17(4)20(29)14-25(23)35-5)36-28(34)26-18-9-7-8-10-21(18)30-22-11-12-32(16(2)3)15-19(22)26/h7-10,13-14,16,24H,6,11-12,15H2,1-5H3,(H,31,33). The van der Waals surface area contributed by atoms with Gasteiger partial charge in [0.2, 0.25) is 0 Å². The molecule has 1 aromatic heterocycles. The van der Waals surface area contributed by atoms with Gasteiger partial charge in [-0.15, -0.1) is 0 Å². The van der Waals surface area contributed by atoms with Crippen LogP contribution in [0.15, 0.2) is 36.4 Å². The lowest BCUT2D eigenvalue weighted by Crippen LogP contribution is -2.38. The minimum Gasteiger partial charge on any atom is -0.495 e. The smallest absolute Gasteiger partial charge is 0.340 e. The third kappa shape index (κ3) is 5.18. The summed E-state index contributed by atoms with van der Waals surface area (Å²) in [6.45, 7) is 9.42. The Balaban J connectivity index is 1.65. The summed E-state index contributed by atoms with van der Waals surface area (Å²) in [6.07, 6.45) is 0.0903. The number of rotatable bonds is 7. The zero-order valence-electron chi connectivity index (χ0n) is 21.4. The molecule has 0 bridgehead atoms. The van der Waals surface area contributed by atoms with Crippen LogP contribution in [0, 0.1) is 6.92 Å². The van der Waals surface area contributed by atoms with E-state index in [4.69, 9.17) is 26.1 Å². The molecule has 0 spiro atoms. The Morgan fingerprint density at radius 1 is 1.22 bits per heavy atom. The molecule has 0 fully saturated rings. The lowest BCUT2D eigenvalue weighted by Gasteiger charge is -2.32. The number of anilines is 1. The van der Waals surface area contributed by atoms with Gasteiger partial charge >= 0.3 is 5.97 Å². The summed E-state index contributed by atoms with van der Waals surface area (Å²) in [5, 5.41) is 4.11. The Morgan fingerprint density at radius 3 is 2.67 bits per heavy atom. The number of methoxy groups -OCH3 is 1. The summed E-state index contributed by atoms with van der Waals surface area (Å²) >= 11 is 6.19. The number of nitrogens with zero attached hydrogens (tertiary/aromatic N) is 2. The van der Waals surface area contributed by atoms with Crippen LogP contribution in [0.25, 0.3) is 10.9 Å². The van der Waals surface area contributed by atoms with Crippen LogP contribution in [-0.4, -0.2) is 47.6 Å². The highest BCUT2D eigenvalue weighted by molar-refractivity contribution is 6.31. The molecule has 36 heavy (non-hydrogen) atoms. The number of para-hydroxylation sites is 1. The predicted octanol–water partition coefficient (Wildman–Crippen LogP) is 5.55. The van der Waals surface area contributed by atoms with E-state index in [0.717, 1.165) is 40.7 Å². The van der Waals surface area contributed by atoms with Crippen molar-refractivity contribution >= 4 is 40.1 Å². The number of hydrogen-bond donors (Lipinski definition) is 1. The van der Waals surface area contributed by atoms with Gasteiger partial charge in [0.1, 0.15) is 5.75 Å². The molecule has 3 aromatic rings. The molecule has 190 valence electrons. The lowest BCUT2D eigenvalue weighted by molar-refractivity contribution is -0.124. The minimum atomic E-state index is -0.981. The van der Waals surface area contributed by atoms with Crippen molar-refractivity contribution in [3.05, 3.63) is 63.8 Å². The first-order valence-corrected chi connectivity index (χ1v) is 12.6. The van der Waals surface area contributed by atoms with Gasteiger partial charge in [-0.3, -0.25) is 14.7 Å². The fourth-order valence-corrected chi connectivity index (χ4v) is 4.69. The quantitative estimate of drug-likeness (QED) is 0.421. The fraction of sp³-hybridized carbons (Fsp3) is 0.393. The first-order valence-electron chi connectivity index (χ1n) is 12.2. The number of carbonyl (C=O) groups is 2. The van der Waals surface area contributed by atoms with Crippen LogP contribution in [0.2, 0.25) is 5.02 Å².